The van der Waals surface area contributed by atoms with Gasteiger partial charge in [0.25, 0.3) is 5.91 Å². The minimum Gasteiger partial charge on any atom is -0.345 e. The summed E-state index contributed by atoms with van der Waals surface area (Å²) in [4.78, 5) is 13.3. The van der Waals surface area contributed by atoms with E-state index in [0.29, 0.717) is 15.6 Å². The Labute approximate surface area is 138 Å². The molecule has 0 saturated carbocycles. The quantitative estimate of drug-likeness (QED) is 0.775. The fourth-order valence-electron chi connectivity index (χ4n) is 1.97. The predicted molar refractivity (Wildman–Crippen MR) is 90.6 cm³/mol. The van der Waals surface area contributed by atoms with Gasteiger partial charge in [0.05, 0.1) is 21.7 Å². The number of hydrogen-bond donors (Lipinski definition) is 1. The largest absolute Gasteiger partial charge is 0.345 e. The minimum atomic E-state index is -0.151. The topological polar surface area (TPSA) is 29.1 Å². The molecule has 0 spiro atoms. The molecule has 5 heteroatoms. The van der Waals surface area contributed by atoms with Crippen LogP contribution in [0.25, 0.3) is 0 Å². The number of amides is 1. The van der Waals surface area contributed by atoms with Crippen molar-refractivity contribution in [1.82, 2.24) is 5.32 Å². The van der Waals surface area contributed by atoms with E-state index in [9.17, 15) is 4.79 Å². The number of hydrogen-bond acceptors (Lipinski definition) is 2. The predicted octanol–water partition coefficient (Wildman–Crippen LogP) is 5.21. The Bertz CT molecular complexity index is 660. The molecule has 2 nitrogen and oxygen atoms in total. The van der Waals surface area contributed by atoms with Gasteiger partial charge in [-0.15, -0.1) is 11.8 Å². The van der Waals surface area contributed by atoms with Crippen LogP contribution in [0.15, 0.2) is 47.4 Å². The van der Waals surface area contributed by atoms with Gasteiger partial charge < -0.3 is 5.32 Å². The standard InChI is InChI=1S/C16H15Cl2NOS/c1-10(11-7-8-13(17)14(18)9-11)19-16(20)12-5-3-4-6-15(12)21-2/h3-10H,1-2H3,(H,19,20). The van der Waals surface area contributed by atoms with Crippen molar-refractivity contribution in [3.8, 4) is 0 Å². The molecule has 0 aromatic heterocycles. The third kappa shape index (κ3) is 3.94. The summed E-state index contributed by atoms with van der Waals surface area (Å²) in [7, 11) is 0. The van der Waals surface area contributed by atoms with Crippen molar-refractivity contribution in [3.05, 3.63) is 63.6 Å². The monoisotopic (exact) mass is 339 g/mol. The number of benzene rings is 2. The number of nitrogens with one attached hydrogen (secondary N) is 1. The Hall–Kier alpha value is -1.16. The van der Waals surface area contributed by atoms with Gasteiger partial charge in [-0.3, -0.25) is 4.79 Å². The summed E-state index contributed by atoms with van der Waals surface area (Å²) in [6.07, 6.45) is 1.95. The number of carbonyl (C=O) groups excluding carboxylic acids is 1. The number of carbonyl (C=O) groups is 1. The first-order valence-electron chi connectivity index (χ1n) is 6.41. The molecule has 0 saturated heterocycles. The second-order valence-electron chi connectivity index (χ2n) is 4.57. The Morgan fingerprint density at radius 2 is 1.86 bits per heavy atom. The molecule has 1 amide bonds. The van der Waals surface area contributed by atoms with Gasteiger partial charge in [0.15, 0.2) is 0 Å². The first-order valence-corrected chi connectivity index (χ1v) is 8.40. The van der Waals surface area contributed by atoms with Crippen LogP contribution in [0.5, 0.6) is 0 Å². The summed E-state index contributed by atoms with van der Waals surface area (Å²) < 4.78 is 0. The number of halogens is 2. The normalized spacial score (nSPS) is 12.0. The molecule has 0 aliphatic rings. The summed E-state index contributed by atoms with van der Waals surface area (Å²) in [5.41, 5.74) is 1.59. The molecule has 1 atom stereocenters. The summed E-state index contributed by atoms with van der Waals surface area (Å²) in [6.45, 7) is 1.92. The first-order chi connectivity index (χ1) is 10.0. The maximum atomic E-state index is 12.4. The van der Waals surface area contributed by atoms with Gasteiger partial charge in [-0.2, -0.15) is 0 Å². The van der Waals surface area contributed by atoms with E-state index in [-0.39, 0.29) is 11.9 Å². The molecule has 0 bridgehead atoms. The van der Waals surface area contributed by atoms with Crippen molar-refractivity contribution in [1.29, 1.82) is 0 Å². The van der Waals surface area contributed by atoms with E-state index in [2.05, 4.69) is 5.32 Å². The fraction of sp³-hybridized carbons (Fsp3) is 0.188. The van der Waals surface area contributed by atoms with Crippen LogP contribution in [-0.2, 0) is 0 Å². The van der Waals surface area contributed by atoms with E-state index >= 15 is 0 Å². The Balaban J connectivity index is 2.16. The highest BCUT2D eigenvalue weighted by Gasteiger charge is 2.14. The van der Waals surface area contributed by atoms with Crippen LogP contribution in [0.3, 0.4) is 0 Å². The summed E-state index contributed by atoms with van der Waals surface area (Å²) in [5, 5.41) is 3.97. The van der Waals surface area contributed by atoms with Gasteiger partial charge in [-0.05, 0) is 43.0 Å². The van der Waals surface area contributed by atoms with Crippen LogP contribution in [0.2, 0.25) is 10.0 Å². The molecular weight excluding hydrogens is 325 g/mol. The molecule has 1 N–H and O–H groups in total. The molecule has 0 radical (unpaired) electrons. The molecule has 0 aliphatic heterocycles. The van der Waals surface area contributed by atoms with Crippen molar-refractivity contribution in [3.63, 3.8) is 0 Å². The molecule has 2 aromatic rings. The van der Waals surface area contributed by atoms with E-state index in [1.807, 2.05) is 43.5 Å². The number of rotatable bonds is 4. The van der Waals surface area contributed by atoms with Crippen LogP contribution in [0, 0.1) is 0 Å². The average molecular weight is 340 g/mol. The Morgan fingerprint density at radius 1 is 1.14 bits per heavy atom. The molecule has 0 aliphatic carbocycles. The molecule has 2 rings (SSSR count). The molecule has 2 aromatic carbocycles. The van der Waals surface area contributed by atoms with Crippen molar-refractivity contribution >= 4 is 40.9 Å². The zero-order chi connectivity index (χ0) is 15.4. The maximum Gasteiger partial charge on any atom is 0.252 e. The van der Waals surface area contributed by atoms with Crippen molar-refractivity contribution in [2.75, 3.05) is 6.26 Å². The minimum absolute atomic E-state index is 0.0986. The second kappa shape index (κ2) is 7.21. The van der Waals surface area contributed by atoms with Gasteiger partial charge in [0, 0.05) is 4.90 Å². The third-order valence-corrected chi connectivity index (χ3v) is 4.68. The van der Waals surface area contributed by atoms with Gasteiger partial charge in [-0.25, -0.2) is 0 Å². The van der Waals surface area contributed by atoms with Crippen LogP contribution >= 0.6 is 35.0 Å². The van der Waals surface area contributed by atoms with E-state index in [1.165, 1.54) is 0 Å². The van der Waals surface area contributed by atoms with Crippen LogP contribution in [0.4, 0.5) is 0 Å². The second-order valence-corrected chi connectivity index (χ2v) is 6.23. The summed E-state index contributed by atoms with van der Waals surface area (Å²) in [5.74, 6) is -0.0986. The van der Waals surface area contributed by atoms with Gasteiger partial charge in [0.1, 0.15) is 0 Å². The lowest BCUT2D eigenvalue weighted by molar-refractivity contribution is 0.0937. The summed E-state index contributed by atoms with van der Waals surface area (Å²) in [6, 6.07) is 12.8. The third-order valence-electron chi connectivity index (χ3n) is 3.14. The van der Waals surface area contributed by atoms with Crippen LogP contribution < -0.4 is 5.32 Å². The summed E-state index contributed by atoms with van der Waals surface area (Å²) >= 11 is 13.5. The maximum absolute atomic E-state index is 12.4. The molecule has 110 valence electrons. The highest BCUT2D eigenvalue weighted by molar-refractivity contribution is 7.98. The molecule has 1 unspecified atom stereocenters. The fourth-order valence-corrected chi connectivity index (χ4v) is 2.87. The highest BCUT2D eigenvalue weighted by atomic mass is 35.5. The molecule has 0 fully saturated rings. The lowest BCUT2D eigenvalue weighted by Gasteiger charge is -2.16. The van der Waals surface area contributed by atoms with E-state index in [1.54, 1.807) is 23.9 Å². The smallest absolute Gasteiger partial charge is 0.252 e. The van der Waals surface area contributed by atoms with E-state index < -0.39 is 0 Å². The lowest BCUT2D eigenvalue weighted by Crippen LogP contribution is -2.27. The zero-order valence-corrected chi connectivity index (χ0v) is 14.0. The van der Waals surface area contributed by atoms with E-state index in [4.69, 9.17) is 23.2 Å². The lowest BCUT2D eigenvalue weighted by atomic mass is 10.1. The SMILES string of the molecule is CSc1ccccc1C(=O)NC(C)c1ccc(Cl)c(Cl)c1. The van der Waals surface area contributed by atoms with Gasteiger partial charge in [0.2, 0.25) is 0 Å². The number of thioether (sulfide) groups is 1. The highest BCUT2D eigenvalue weighted by Crippen LogP contribution is 2.26. The average Bonchev–Trinajstić information content (AvgIpc) is 2.49. The van der Waals surface area contributed by atoms with E-state index in [0.717, 1.165) is 10.5 Å². The molecular formula is C16H15Cl2NOS. The Kier molecular flexibility index (Phi) is 5.57. The van der Waals surface area contributed by atoms with Gasteiger partial charge >= 0.3 is 0 Å². The molecule has 21 heavy (non-hydrogen) atoms. The zero-order valence-electron chi connectivity index (χ0n) is 11.7. The van der Waals surface area contributed by atoms with Crippen LogP contribution in [-0.4, -0.2) is 12.2 Å². The van der Waals surface area contributed by atoms with Crippen molar-refractivity contribution in [2.45, 2.75) is 17.9 Å². The van der Waals surface area contributed by atoms with Crippen molar-refractivity contribution in [2.24, 2.45) is 0 Å². The van der Waals surface area contributed by atoms with Gasteiger partial charge in [-0.1, -0.05) is 41.4 Å². The van der Waals surface area contributed by atoms with Crippen molar-refractivity contribution < 1.29 is 4.79 Å². The van der Waals surface area contributed by atoms with Crippen LogP contribution in [0.1, 0.15) is 28.9 Å². The first kappa shape index (κ1) is 16.2. The molecule has 0 heterocycles. The Morgan fingerprint density at radius 3 is 2.52 bits per heavy atom.